The Balaban J connectivity index is 1.33. The van der Waals surface area contributed by atoms with E-state index in [0.29, 0.717) is 43.1 Å². The van der Waals surface area contributed by atoms with Crippen LogP contribution >= 0.6 is 0 Å². The summed E-state index contributed by atoms with van der Waals surface area (Å²) in [6.45, 7) is 2.64. The van der Waals surface area contributed by atoms with Gasteiger partial charge in [0, 0.05) is 49.7 Å². The molecule has 7 nitrogen and oxygen atoms in total. The number of carbonyl (C=O) groups is 1. The van der Waals surface area contributed by atoms with Crippen LogP contribution in [0.3, 0.4) is 0 Å². The lowest BCUT2D eigenvalue weighted by molar-refractivity contribution is 0.0746. The maximum atomic E-state index is 13.2. The number of carbonyl (C=O) groups excluding carboxylic acids is 1. The molecule has 1 saturated heterocycles. The number of piperazine rings is 1. The third-order valence-electron chi connectivity index (χ3n) is 6.16. The van der Waals surface area contributed by atoms with Crippen LogP contribution in [-0.2, 0) is 0 Å². The fraction of sp³-hybridized carbons (Fsp3) is 0.185. The Kier molecular flexibility index (Phi) is 5.79. The lowest BCUT2D eigenvalue weighted by atomic mass is 9.97. The first-order valence-corrected chi connectivity index (χ1v) is 11.1. The van der Waals surface area contributed by atoms with E-state index >= 15 is 0 Å². The van der Waals surface area contributed by atoms with Gasteiger partial charge < -0.3 is 14.5 Å². The topological polar surface area (TPSA) is 82.4 Å². The van der Waals surface area contributed by atoms with Gasteiger partial charge in [0.05, 0.1) is 18.9 Å². The molecule has 0 bridgehead atoms. The van der Waals surface area contributed by atoms with Crippen molar-refractivity contribution in [1.29, 1.82) is 5.26 Å². The standard InChI is InChI=1S/C27H23N5O2/c1-34-23-14-22(17-29-18-23)24-4-2-3-20-13-21(6-7-25(20)24)27(33)32-11-9-31(10-12-32)26-8-5-19(15-28)16-30-26/h2-8,13-14,16-18H,9-12H2,1H3. The molecule has 0 radical (unpaired) electrons. The number of nitrogens with zero attached hydrogens (tertiary/aromatic N) is 5. The van der Waals surface area contributed by atoms with E-state index in [-0.39, 0.29) is 5.91 Å². The van der Waals surface area contributed by atoms with Gasteiger partial charge >= 0.3 is 0 Å². The summed E-state index contributed by atoms with van der Waals surface area (Å²) in [6.07, 6.45) is 5.08. The Morgan fingerprint density at radius 2 is 1.85 bits per heavy atom. The predicted octanol–water partition coefficient (Wildman–Crippen LogP) is 4.14. The summed E-state index contributed by atoms with van der Waals surface area (Å²) in [5.74, 6) is 1.57. The van der Waals surface area contributed by atoms with Gasteiger partial charge in [-0.15, -0.1) is 0 Å². The van der Waals surface area contributed by atoms with E-state index < -0.39 is 0 Å². The second-order valence-corrected chi connectivity index (χ2v) is 8.15. The van der Waals surface area contributed by atoms with E-state index in [1.807, 2.05) is 53.6 Å². The monoisotopic (exact) mass is 449 g/mol. The van der Waals surface area contributed by atoms with Gasteiger partial charge in [-0.1, -0.05) is 24.3 Å². The Hall–Kier alpha value is -4.44. The third kappa shape index (κ3) is 4.14. The van der Waals surface area contributed by atoms with Crippen LogP contribution in [0.4, 0.5) is 5.82 Å². The second kappa shape index (κ2) is 9.20. The number of benzene rings is 2. The maximum absolute atomic E-state index is 13.2. The second-order valence-electron chi connectivity index (χ2n) is 8.15. The van der Waals surface area contributed by atoms with Crippen molar-refractivity contribution in [2.45, 2.75) is 0 Å². The van der Waals surface area contributed by atoms with E-state index in [0.717, 1.165) is 27.7 Å². The summed E-state index contributed by atoms with van der Waals surface area (Å²) in [4.78, 5) is 25.9. The average Bonchev–Trinajstić information content (AvgIpc) is 2.92. The molecule has 0 N–H and O–H groups in total. The molecule has 0 aliphatic carbocycles. The number of hydrogen-bond donors (Lipinski definition) is 0. The van der Waals surface area contributed by atoms with Crippen LogP contribution in [0, 0.1) is 11.3 Å². The minimum atomic E-state index is 0.0304. The lowest BCUT2D eigenvalue weighted by Gasteiger charge is -2.35. The third-order valence-corrected chi connectivity index (χ3v) is 6.16. The highest BCUT2D eigenvalue weighted by Crippen LogP contribution is 2.31. The highest BCUT2D eigenvalue weighted by Gasteiger charge is 2.23. The summed E-state index contributed by atoms with van der Waals surface area (Å²) in [5.41, 5.74) is 3.24. The number of aromatic nitrogens is 2. The van der Waals surface area contributed by atoms with Gasteiger partial charge in [-0.25, -0.2) is 4.98 Å². The molecule has 5 rings (SSSR count). The Morgan fingerprint density at radius 3 is 2.59 bits per heavy atom. The van der Waals surface area contributed by atoms with E-state index in [9.17, 15) is 4.79 Å². The van der Waals surface area contributed by atoms with Gasteiger partial charge in [0.2, 0.25) is 0 Å². The van der Waals surface area contributed by atoms with Crippen molar-refractivity contribution in [1.82, 2.24) is 14.9 Å². The number of amides is 1. The van der Waals surface area contributed by atoms with Crippen molar-refractivity contribution in [3.63, 3.8) is 0 Å². The fourth-order valence-electron chi connectivity index (χ4n) is 4.31. The molecular weight excluding hydrogens is 426 g/mol. The molecule has 2 aromatic heterocycles. The van der Waals surface area contributed by atoms with Crippen LogP contribution in [0.2, 0.25) is 0 Å². The predicted molar refractivity (Wildman–Crippen MR) is 131 cm³/mol. The molecule has 1 aliphatic heterocycles. The summed E-state index contributed by atoms with van der Waals surface area (Å²) in [5, 5.41) is 11.0. The summed E-state index contributed by atoms with van der Waals surface area (Å²) < 4.78 is 5.32. The lowest BCUT2D eigenvalue weighted by Crippen LogP contribution is -2.49. The smallest absolute Gasteiger partial charge is 0.253 e. The van der Waals surface area contributed by atoms with Gasteiger partial charge in [0.15, 0.2) is 0 Å². The maximum Gasteiger partial charge on any atom is 0.253 e. The average molecular weight is 450 g/mol. The zero-order valence-corrected chi connectivity index (χ0v) is 18.8. The van der Waals surface area contributed by atoms with E-state index in [1.54, 1.807) is 25.6 Å². The van der Waals surface area contributed by atoms with E-state index in [4.69, 9.17) is 10.00 Å². The summed E-state index contributed by atoms with van der Waals surface area (Å²) >= 11 is 0. The van der Waals surface area contributed by atoms with Crippen LogP contribution in [0.1, 0.15) is 15.9 Å². The molecular formula is C27H23N5O2. The minimum Gasteiger partial charge on any atom is -0.495 e. The SMILES string of the molecule is COc1cncc(-c2cccc3cc(C(=O)N4CCN(c5ccc(C#N)cn5)CC4)ccc23)c1. The van der Waals surface area contributed by atoms with Crippen molar-refractivity contribution < 1.29 is 9.53 Å². The molecule has 0 saturated carbocycles. The zero-order chi connectivity index (χ0) is 23.5. The first-order valence-electron chi connectivity index (χ1n) is 11.1. The zero-order valence-electron chi connectivity index (χ0n) is 18.8. The normalized spacial score (nSPS) is 13.5. The number of anilines is 1. The number of ether oxygens (including phenoxy) is 1. The number of rotatable bonds is 4. The number of methoxy groups -OCH3 is 1. The van der Waals surface area contributed by atoms with Crippen molar-refractivity contribution in [2.24, 2.45) is 0 Å². The molecule has 0 unspecified atom stereocenters. The van der Waals surface area contributed by atoms with Crippen LogP contribution in [-0.4, -0.2) is 54.1 Å². The van der Waals surface area contributed by atoms with Gasteiger partial charge in [0.25, 0.3) is 5.91 Å². The molecule has 2 aromatic carbocycles. The summed E-state index contributed by atoms with van der Waals surface area (Å²) in [6, 6.07) is 19.6. The van der Waals surface area contributed by atoms with E-state index in [1.165, 1.54) is 0 Å². The molecule has 4 aromatic rings. The van der Waals surface area contributed by atoms with Crippen LogP contribution in [0.15, 0.2) is 73.2 Å². The molecule has 3 heterocycles. The Bertz CT molecular complexity index is 1390. The first kappa shape index (κ1) is 21.4. The van der Waals surface area contributed by atoms with Crippen LogP contribution in [0.5, 0.6) is 5.75 Å². The summed E-state index contributed by atoms with van der Waals surface area (Å²) in [7, 11) is 1.63. The van der Waals surface area contributed by atoms with Crippen LogP contribution < -0.4 is 9.64 Å². The van der Waals surface area contributed by atoms with E-state index in [2.05, 4.69) is 27.0 Å². The molecule has 1 aliphatic rings. The molecule has 1 amide bonds. The molecule has 168 valence electrons. The molecule has 34 heavy (non-hydrogen) atoms. The highest BCUT2D eigenvalue weighted by molar-refractivity contribution is 6.02. The molecule has 7 heteroatoms. The highest BCUT2D eigenvalue weighted by atomic mass is 16.5. The van der Waals surface area contributed by atoms with Crippen molar-refractivity contribution in [2.75, 3.05) is 38.2 Å². The van der Waals surface area contributed by atoms with Gasteiger partial charge in [0.1, 0.15) is 17.6 Å². The number of hydrogen-bond acceptors (Lipinski definition) is 6. The number of pyridine rings is 2. The molecule has 0 spiro atoms. The van der Waals surface area contributed by atoms with Gasteiger partial charge in [-0.3, -0.25) is 9.78 Å². The Morgan fingerprint density at radius 1 is 1.00 bits per heavy atom. The quantitative estimate of drug-likeness (QED) is 0.466. The fourth-order valence-corrected chi connectivity index (χ4v) is 4.31. The first-order chi connectivity index (χ1) is 16.7. The van der Waals surface area contributed by atoms with Crippen molar-refractivity contribution in [3.05, 3.63) is 84.3 Å². The van der Waals surface area contributed by atoms with Crippen LogP contribution in [0.25, 0.3) is 21.9 Å². The molecule has 1 fully saturated rings. The van der Waals surface area contributed by atoms with Crippen molar-refractivity contribution in [3.8, 4) is 22.9 Å². The largest absolute Gasteiger partial charge is 0.495 e. The Labute approximate surface area is 197 Å². The minimum absolute atomic E-state index is 0.0304. The molecule has 0 atom stereocenters. The number of fused-ring (bicyclic) bond motifs is 1. The number of nitriles is 1. The van der Waals surface area contributed by atoms with Gasteiger partial charge in [-0.2, -0.15) is 5.26 Å². The van der Waals surface area contributed by atoms with Crippen molar-refractivity contribution >= 4 is 22.5 Å². The van der Waals surface area contributed by atoms with Gasteiger partial charge in [-0.05, 0) is 46.7 Å².